The molecule has 3 aromatic rings. The number of hydrogen-bond donors (Lipinski definition) is 1. The van der Waals surface area contributed by atoms with Gasteiger partial charge in [-0.05, 0) is 24.6 Å². The van der Waals surface area contributed by atoms with Gasteiger partial charge in [-0.15, -0.1) is 0 Å². The van der Waals surface area contributed by atoms with E-state index in [9.17, 15) is 0 Å². The average Bonchev–Trinajstić information content (AvgIpc) is 2.96. The Balaban J connectivity index is 1.68. The number of nitrogens with one attached hydrogen (secondary N) is 1. The summed E-state index contributed by atoms with van der Waals surface area (Å²) in [5.74, 6) is 0.660. The van der Waals surface area contributed by atoms with Gasteiger partial charge in [0.2, 0.25) is 5.89 Å². The second-order valence-corrected chi connectivity index (χ2v) is 4.70. The lowest BCUT2D eigenvalue weighted by Crippen LogP contribution is -2.17. The van der Waals surface area contributed by atoms with Crippen LogP contribution in [0.2, 0.25) is 0 Å². The van der Waals surface area contributed by atoms with Crippen LogP contribution in [0.15, 0.2) is 41.2 Å². The highest BCUT2D eigenvalue weighted by molar-refractivity contribution is 5.82. The Morgan fingerprint density at radius 2 is 2.15 bits per heavy atom. The van der Waals surface area contributed by atoms with Crippen LogP contribution in [0.25, 0.3) is 10.9 Å². The lowest BCUT2D eigenvalue weighted by molar-refractivity contribution is 0.375. The predicted molar refractivity (Wildman–Crippen MR) is 76.2 cm³/mol. The molecule has 0 amide bonds. The Morgan fingerprint density at radius 3 is 3.00 bits per heavy atom. The van der Waals surface area contributed by atoms with Gasteiger partial charge in [-0.2, -0.15) is 4.98 Å². The molecule has 5 heteroatoms. The van der Waals surface area contributed by atoms with Crippen LogP contribution in [0, 0.1) is 6.92 Å². The second-order valence-electron chi connectivity index (χ2n) is 4.70. The Morgan fingerprint density at radius 1 is 1.25 bits per heavy atom. The first-order valence-electron chi connectivity index (χ1n) is 6.64. The van der Waals surface area contributed by atoms with Gasteiger partial charge < -0.3 is 9.84 Å². The van der Waals surface area contributed by atoms with Crippen LogP contribution in [-0.4, -0.2) is 21.7 Å². The fourth-order valence-corrected chi connectivity index (χ4v) is 2.27. The molecule has 0 bridgehead atoms. The van der Waals surface area contributed by atoms with Crippen molar-refractivity contribution in [2.45, 2.75) is 19.9 Å². The molecule has 1 aromatic carbocycles. The molecule has 0 radical (unpaired) electrons. The van der Waals surface area contributed by atoms with E-state index in [0.29, 0.717) is 5.89 Å². The van der Waals surface area contributed by atoms with Crippen molar-refractivity contribution in [1.82, 2.24) is 20.4 Å². The van der Waals surface area contributed by atoms with Gasteiger partial charge in [0, 0.05) is 30.6 Å². The average molecular weight is 268 g/mol. The summed E-state index contributed by atoms with van der Waals surface area (Å²) in [7, 11) is 0. The number of pyridine rings is 1. The fourth-order valence-electron chi connectivity index (χ4n) is 2.27. The molecule has 3 rings (SSSR count). The minimum Gasteiger partial charge on any atom is -0.340 e. The number of rotatable bonds is 5. The highest BCUT2D eigenvalue weighted by Crippen LogP contribution is 2.17. The van der Waals surface area contributed by atoms with E-state index in [-0.39, 0.29) is 0 Å². The van der Waals surface area contributed by atoms with Gasteiger partial charge in [-0.3, -0.25) is 4.98 Å². The highest BCUT2D eigenvalue weighted by atomic mass is 16.5. The quantitative estimate of drug-likeness (QED) is 0.719. The van der Waals surface area contributed by atoms with Gasteiger partial charge in [0.1, 0.15) is 0 Å². The number of aromatic nitrogens is 3. The largest absolute Gasteiger partial charge is 0.340 e. The summed E-state index contributed by atoms with van der Waals surface area (Å²) in [6.45, 7) is 3.63. The Bertz CT molecular complexity index is 694. The van der Waals surface area contributed by atoms with Gasteiger partial charge in [-0.25, -0.2) is 0 Å². The standard InChI is InChI=1S/C15H16N4O/c1-11-8-12(13-4-2-3-5-14(13)19-11)9-16-7-6-15-17-10-18-20-15/h2-5,8,10,16H,6-7,9H2,1H3. The maximum Gasteiger partial charge on any atom is 0.227 e. The Labute approximate surface area is 117 Å². The van der Waals surface area contributed by atoms with Crippen LogP contribution in [-0.2, 0) is 13.0 Å². The van der Waals surface area contributed by atoms with E-state index in [1.54, 1.807) is 0 Å². The first-order valence-corrected chi connectivity index (χ1v) is 6.64. The summed E-state index contributed by atoms with van der Waals surface area (Å²) < 4.78 is 4.96. The molecule has 1 N–H and O–H groups in total. The van der Waals surface area contributed by atoms with Crippen molar-refractivity contribution in [2.75, 3.05) is 6.54 Å². The summed E-state index contributed by atoms with van der Waals surface area (Å²) in [5, 5.41) is 8.19. The van der Waals surface area contributed by atoms with Crippen LogP contribution in [0.3, 0.4) is 0 Å². The second kappa shape index (κ2) is 5.79. The number of fused-ring (bicyclic) bond motifs is 1. The van der Waals surface area contributed by atoms with Gasteiger partial charge in [0.05, 0.1) is 5.52 Å². The van der Waals surface area contributed by atoms with Crippen molar-refractivity contribution in [2.24, 2.45) is 0 Å². The number of benzene rings is 1. The maximum atomic E-state index is 4.96. The van der Waals surface area contributed by atoms with E-state index in [4.69, 9.17) is 4.52 Å². The molecule has 0 aliphatic rings. The van der Waals surface area contributed by atoms with Crippen molar-refractivity contribution in [3.8, 4) is 0 Å². The summed E-state index contributed by atoms with van der Waals surface area (Å²) in [4.78, 5) is 8.54. The maximum absolute atomic E-state index is 4.96. The third kappa shape index (κ3) is 2.83. The van der Waals surface area contributed by atoms with Crippen molar-refractivity contribution in [3.63, 3.8) is 0 Å². The SMILES string of the molecule is Cc1cc(CNCCc2ncno2)c2ccccc2n1. The van der Waals surface area contributed by atoms with Crippen LogP contribution in [0.5, 0.6) is 0 Å². The van der Waals surface area contributed by atoms with E-state index in [1.165, 1.54) is 17.3 Å². The van der Waals surface area contributed by atoms with E-state index < -0.39 is 0 Å². The Hall–Kier alpha value is -2.27. The molecule has 0 fully saturated rings. The third-order valence-electron chi connectivity index (χ3n) is 3.17. The molecule has 0 saturated carbocycles. The zero-order valence-electron chi connectivity index (χ0n) is 11.3. The van der Waals surface area contributed by atoms with Crippen LogP contribution in [0.4, 0.5) is 0 Å². The van der Waals surface area contributed by atoms with Crippen molar-refractivity contribution < 1.29 is 4.52 Å². The smallest absolute Gasteiger partial charge is 0.227 e. The van der Waals surface area contributed by atoms with E-state index in [2.05, 4.69) is 32.6 Å². The lowest BCUT2D eigenvalue weighted by atomic mass is 10.1. The molecule has 5 nitrogen and oxygen atoms in total. The number of nitrogens with zero attached hydrogens (tertiary/aromatic N) is 3. The number of aryl methyl sites for hydroxylation is 1. The molecular weight excluding hydrogens is 252 g/mol. The molecule has 2 heterocycles. The first kappa shape index (κ1) is 12.7. The van der Waals surface area contributed by atoms with Crippen LogP contribution < -0.4 is 5.32 Å². The third-order valence-corrected chi connectivity index (χ3v) is 3.17. The molecule has 0 aliphatic heterocycles. The molecule has 2 aromatic heterocycles. The summed E-state index contributed by atoms with van der Waals surface area (Å²) >= 11 is 0. The predicted octanol–water partition coefficient (Wildman–Crippen LogP) is 2.26. The topological polar surface area (TPSA) is 63.8 Å². The molecule has 0 atom stereocenters. The minimum atomic E-state index is 0.660. The fraction of sp³-hybridized carbons (Fsp3) is 0.267. The number of hydrogen-bond acceptors (Lipinski definition) is 5. The number of para-hydroxylation sites is 1. The first-order chi connectivity index (χ1) is 9.83. The van der Waals surface area contributed by atoms with Crippen molar-refractivity contribution in [3.05, 3.63) is 53.8 Å². The molecule has 0 spiro atoms. The zero-order chi connectivity index (χ0) is 13.8. The summed E-state index contributed by atoms with van der Waals surface area (Å²) in [6.07, 6.45) is 2.16. The van der Waals surface area contributed by atoms with Gasteiger partial charge in [-0.1, -0.05) is 23.4 Å². The van der Waals surface area contributed by atoms with Crippen molar-refractivity contribution in [1.29, 1.82) is 0 Å². The van der Waals surface area contributed by atoms with E-state index in [1.807, 2.05) is 25.1 Å². The van der Waals surface area contributed by atoms with E-state index >= 15 is 0 Å². The molecule has 102 valence electrons. The molecule has 0 aliphatic carbocycles. The monoisotopic (exact) mass is 268 g/mol. The van der Waals surface area contributed by atoms with Crippen molar-refractivity contribution >= 4 is 10.9 Å². The summed E-state index contributed by atoms with van der Waals surface area (Å²) in [5.41, 5.74) is 3.34. The van der Waals surface area contributed by atoms with Crippen LogP contribution >= 0.6 is 0 Å². The van der Waals surface area contributed by atoms with Crippen LogP contribution in [0.1, 0.15) is 17.1 Å². The van der Waals surface area contributed by atoms with Gasteiger partial charge >= 0.3 is 0 Å². The molecule has 0 unspecified atom stereocenters. The normalized spacial score (nSPS) is 11.1. The lowest BCUT2D eigenvalue weighted by Gasteiger charge is -2.08. The van der Waals surface area contributed by atoms with Gasteiger partial charge in [0.25, 0.3) is 0 Å². The highest BCUT2D eigenvalue weighted by Gasteiger charge is 2.04. The van der Waals surface area contributed by atoms with Gasteiger partial charge in [0.15, 0.2) is 6.33 Å². The zero-order valence-corrected chi connectivity index (χ0v) is 11.3. The molecular formula is C15H16N4O. The Kier molecular flexibility index (Phi) is 3.69. The molecule has 0 saturated heterocycles. The summed E-state index contributed by atoms with van der Waals surface area (Å²) in [6, 6.07) is 10.3. The molecule has 20 heavy (non-hydrogen) atoms. The van der Waals surface area contributed by atoms with E-state index in [0.717, 1.165) is 30.7 Å². The minimum absolute atomic E-state index is 0.660.